The number of nitrogens with zero attached hydrogens (tertiary/aromatic N) is 1. The summed E-state index contributed by atoms with van der Waals surface area (Å²) in [6.07, 6.45) is 1.82. The minimum absolute atomic E-state index is 0.00438. The van der Waals surface area contributed by atoms with Gasteiger partial charge in [-0.2, -0.15) is 0 Å². The van der Waals surface area contributed by atoms with Gasteiger partial charge in [0.25, 0.3) is 0 Å². The maximum Gasteiger partial charge on any atom is 0.131 e. The molecule has 1 saturated heterocycles. The number of rotatable bonds is 5. The molecule has 0 amide bonds. The Kier molecular flexibility index (Phi) is 5.39. The highest BCUT2D eigenvalue weighted by atomic mass is 19.1. The molecule has 0 spiro atoms. The van der Waals surface area contributed by atoms with Crippen LogP contribution < -0.4 is 5.73 Å². The lowest BCUT2D eigenvalue weighted by Crippen LogP contribution is -2.64. The van der Waals surface area contributed by atoms with Crippen LogP contribution in [0, 0.1) is 17.0 Å². The molecule has 2 aromatic carbocycles. The standard InChI is InChI=1S/C25H32F2N2O/c1-16(30-15-18-20(26)8-6-9-21(18)27)14-29-12-11-25(4)19-7-5-10-22(28)17(19)13-23(29)24(25,2)3/h5-10,16,23H,11-15,28H2,1-4H3/t16-,23+,25+/m0/s1. The van der Waals surface area contributed by atoms with Crippen LogP contribution in [0.15, 0.2) is 36.4 Å². The van der Waals surface area contributed by atoms with Crippen molar-refractivity contribution < 1.29 is 13.5 Å². The number of benzene rings is 2. The van der Waals surface area contributed by atoms with Crippen LogP contribution in [0.5, 0.6) is 0 Å². The molecule has 5 heteroatoms. The number of halogens is 2. The molecule has 0 saturated carbocycles. The first-order chi connectivity index (χ1) is 14.1. The molecule has 0 unspecified atom stereocenters. The van der Waals surface area contributed by atoms with Crippen molar-refractivity contribution in [1.29, 1.82) is 0 Å². The van der Waals surface area contributed by atoms with E-state index in [4.69, 9.17) is 10.5 Å². The summed E-state index contributed by atoms with van der Waals surface area (Å²) < 4.78 is 33.7. The van der Waals surface area contributed by atoms with Crippen molar-refractivity contribution in [2.75, 3.05) is 18.8 Å². The molecule has 1 aliphatic carbocycles. The predicted molar refractivity (Wildman–Crippen MR) is 116 cm³/mol. The third-order valence-electron chi connectivity index (χ3n) is 7.86. The number of piperidine rings is 1. The van der Waals surface area contributed by atoms with Crippen LogP contribution in [0.2, 0.25) is 0 Å². The first kappa shape index (κ1) is 21.3. The molecule has 4 rings (SSSR count). The first-order valence-electron chi connectivity index (χ1n) is 10.8. The van der Waals surface area contributed by atoms with E-state index in [-0.39, 0.29) is 29.1 Å². The van der Waals surface area contributed by atoms with Gasteiger partial charge in [0.1, 0.15) is 11.6 Å². The van der Waals surface area contributed by atoms with E-state index in [1.165, 1.54) is 29.3 Å². The van der Waals surface area contributed by atoms with Crippen molar-refractivity contribution >= 4 is 5.69 Å². The van der Waals surface area contributed by atoms with Crippen LogP contribution in [0.4, 0.5) is 14.5 Å². The van der Waals surface area contributed by atoms with Crippen molar-refractivity contribution in [3.63, 3.8) is 0 Å². The second-order valence-corrected chi connectivity index (χ2v) is 9.71. The average Bonchev–Trinajstić information content (AvgIpc) is 2.67. The molecular formula is C25H32F2N2O. The molecule has 1 heterocycles. The Morgan fingerprint density at radius 3 is 2.50 bits per heavy atom. The lowest BCUT2D eigenvalue weighted by atomic mass is 9.51. The number of likely N-dealkylation sites (tertiary alicyclic amines) is 1. The van der Waals surface area contributed by atoms with E-state index < -0.39 is 11.6 Å². The number of ether oxygens (including phenoxy) is 1. The van der Waals surface area contributed by atoms with Crippen LogP contribution >= 0.6 is 0 Å². The fourth-order valence-electron chi connectivity index (χ4n) is 5.58. The maximum absolute atomic E-state index is 13.9. The Bertz CT molecular complexity index is 924. The van der Waals surface area contributed by atoms with E-state index in [0.717, 1.165) is 31.6 Å². The van der Waals surface area contributed by atoms with Gasteiger partial charge < -0.3 is 10.5 Å². The zero-order chi connectivity index (χ0) is 21.7. The third-order valence-corrected chi connectivity index (χ3v) is 7.86. The van der Waals surface area contributed by atoms with E-state index in [0.29, 0.717) is 6.04 Å². The summed E-state index contributed by atoms with van der Waals surface area (Å²) >= 11 is 0. The van der Waals surface area contributed by atoms with E-state index in [2.05, 4.69) is 37.8 Å². The molecule has 0 radical (unpaired) electrons. The molecule has 162 valence electrons. The quantitative estimate of drug-likeness (QED) is 0.695. The van der Waals surface area contributed by atoms with Crippen LogP contribution in [-0.2, 0) is 23.2 Å². The lowest BCUT2D eigenvalue weighted by Gasteiger charge is -2.61. The van der Waals surface area contributed by atoms with Gasteiger partial charge in [0.15, 0.2) is 0 Å². The third kappa shape index (κ3) is 3.32. The highest BCUT2D eigenvalue weighted by molar-refractivity contribution is 5.56. The van der Waals surface area contributed by atoms with Gasteiger partial charge in [0.05, 0.1) is 12.7 Å². The Morgan fingerprint density at radius 1 is 1.13 bits per heavy atom. The molecule has 2 N–H and O–H groups in total. The van der Waals surface area contributed by atoms with Crippen LogP contribution in [0.25, 0.3) is 0 Å². The highest BCUT2D eigenvalue weighted by Crippen LogP contribution is 2.56. The summed E-state index contributed by atoms with van der Waals surface area (Å²) in [4.78, 5) is 2.49. The van der Waals surface area contributed by atoms with Gasteiger partial charge in [-0.1, -0.05) is 39.0 Å². The van der Waals surface area contributed by atoms with Crippen molar-refractivity contribution in [2.24, 2.45) is 5.41 Å². The normalized spacial score (nSPS) is 26.3. The van der Waals surface area contributed by atoms with Gasteiger partial charge in [-0.3, -0.25) is 4.90 Å². The van der Waals surface area contributed by atoms with Gasteiger partial charge in [0, 0.05) is 29.3 Å². The maximum atomic E-state index is 13.9. The second kappa shape index (κ2) is 7.61. The smallest absolute Gasteiger partial charge is 0.131 e. The van der Waals surface area contributed by atoms with Gasteiger partial charge in [-0.15, -0.1) is 0 Å². The molecule has 30 heavy (non-hydrogen) atoms. The Morgan fingerprint density at radius 2 is 1.80 bits per heavy atom. The molecular weight excluding hydrogens is 382 g/mol. The van der Waals surface area contributed by atoms with Crippen molar-refractivity contribution in [3.8, 4) is 0 Å². The Hall–Kier alpha value is -1.98. The number of fused-ring (bicyclic) bond motifs is 4. The van der Waals surface area contributed by atoms with Crippen molar-refractivity contribution in [1.82, 2.24) is 4.90 Å². The van der Waals surface area contributed by atoms with E-state index >= 15 is 0 Å². The summed E-state index contributed by atoms with van der Waals surface area (Å²) in [7, 11) is 0. The molecule has 2 bridgehead atoms. The summed E-state index contributed by atoms with van der Waals surface area (Å²) in [5.74, 6) is -1.12. The Labute approximate surface area is 178 Å². The highest BCUT2D eigenvalue weighted by Gasteiger charge is 2.56. The molecule has 3 nitrogen and oxygen atoms in total. The minimum atomic E-state index is -0.559. The molecule has 1 aliphatic heterocycles. The van der Waals surface area contributed by atoms with Crippen LogP contribution in [0.3, 0.4) is 0 Å². The first-order valence-corrected chi connectivity index (χ1v) is 10.8. The van der Waals surface area contributed by atoms with Gasteiger partial charge in [-0.05, 0) is 61.1 Å². The molecule has 2 aliphatic rings. The fraction of sp³-hybridized carbons (Fsp3) is 0.520. The number of nitrogen functional groups attached to an aromatic ring is 1. The predicted octanol–water partition coefficient (Wildman–Crippen LogP) is 5.07. The summed E-state index contributed by atoms with van der Waals surface area (Å²) in [5, 5.41) is 0. The number of hydrogen-bond acceptors (Lipinski definition) is 3. The zero-order valence-electron chi connectivity index (χ0n) is 18.3. The minimum Gasteiger partial charge on any atom is -0.398 e. The molecule has 0 aromatic heterocycles. The average molecular weight is 415 g/mol. The van der Waals surface area contributed by atoms with Crippen LogP contribution in [0.1, 0.15) is 50.8 Å². The van der Waals surface area contributed by atoms with Gasteiger partial charge in [-0.25, -0.2) is 8.78 Å². The largest absolute Gasteiger partial charge is 0.398 e. The summed E-state index contributed by atoms with van der Waals surface area (Å²) in [6, 6.07) is 10.6. The lowest BCUT2D eigenvalue weighted by molar-refractivity contribution is -0.0651. The summed E-state index contributed by atoms with van der Waals surface area (Å²) in [5.41, 5.74) is 10.0. The van der Waals surface area contributed by atoms with E-state index in [1.807, 2.05) is 13.0 Å². The van der Waals surface area contributed by atoms with E-state index in [1.54, 1.807) is 0 Å². The van der Waals surface area contributed by atoms with Crippen LogP contribution in [-0.4, -0.2) is 30.1 Å². The van der Waals surface area contributed by atoms with Gasteiger partial charge >= 0.3 is 0 Å². The monoisotopic (exact) mass is 414 g/mol. The topological polar surface area (TPSA) is 38.5 Å². The van der Waals surface area contributed by atoms with E-state index in [9.17, 15) is 8.78 Å². The number of hydrogen-bond donors (Lipinski definition) is 1. The van der Waals surface area contributed by atoms with Crippen molar-refractivity contribution in [3.05, 3.63) is 64.7 Å². The fourth-order valence-corrected chi connectivity index (χ4v) is 5.58. The summed E-state index contributed by atoms with van der Waals surface area (Å²) in [6.45, 7) is 10.7. The SMILES string of the molecule is C[C@@H](CN1CC[C@]2(C)c3cccc(N)c3C[C@@H]1C2(C)C)OCc1c(F)cccc1F. The number of anilines is 1. The number of nitrogens with two attached hydrogens (primary N) is 1. The molecule has 1 fully saturated rings. The Balaban J connectivity index is 1.51. The second-order valence-electron chi connectivity index (χ2n) is 9.71. The van der Waals surface area contributed by atoms with Crippen molar-refractivity contribution in [2.45, 2.75) is 64.7 Å². The molecule has 3 atom stereocenters. The molecule has 2 aromatic rings. The zero-order valence-corrected chi connectivity index (χ0v) is 18.3. The van der Waals surface area contributed by atoms with Gasteiger partial charge in [0.2, 0.25) is 0 Å².